The molecule has 0 saturated carbocycles. The van der Waals surface area contributed by atoms with Crippen LogP contribution in [0.5, 0.6) is 0 Å². The maximum atomic E-state index is 13.2. The summed E-state index contributed by atoms with van der Waals surface area (Å²) in [4.78, 5) is 28.1. The summed E-state index contributed by atoms with van der Waals surface area (Å²) in [5.41, 5.74) is 1.84. The van der Waals surface area contributed by atoms with E-state index in [1.807, 2.05) is 25.1 Å². The molecule has 0 aromatic heterocycles. The normalized spacial score (nSPS) is 25.3. The Morgan fingerprint density at radius 1 is 1.04 bits per heavy atom. The second-order valence-electron chi connectivity index (χ2n) is 7.64. The number of likely N-dealkylation sites (tertiary alicyclic amines) is 1. The summed E-state index contributed by atoms with van der Waals surface area (Å²) in [6, 6.07) is 17.5. The Bertz CT molecular complexity index is 833. The van der Waals surface area contributed by atoms with Crippen molar-refractivity contribution >= 4 is 11.7 Å². The predicted octanol–water partition coefficient (Wildman–Crippen LogP) is 2.94. The van der Waals surface area contributed by atoms with Crippen molar-refractivity contribution in [2.75, 3.05) is 19.6 Å². The van der Waals surface area contributed by atoms with Crippen molar-refractivity contribution in [3.05, 3.63) is 71.3 Å². The maximum Gasteiger partial charge on any atom is 0.252 e. The SMILES string of the molecule is C[C@]12CN(CCCc3ccccc3)C[C@H]1NC(=O)c1ccccc1C2=O. The van der Waals surface area contributed by atoms with E-state index in [1.54, 1.807) is 12.1 Å². The minimum absolute atomic E-state index is 0.0852. The van der Waals surface area contributed by atoms with Crippen molar-refractivity contribution in [2.45, 2.75) is 25.8 Å². The van der Waals surface area contributed by atoms with Gasteiger partial charge in [0.1, 0.15) is 0 Å². The van der Waals surface area contributed by atoms with Gasteiger partial charge in [0.25, 0.3) is 5.91 Å². The number of nitrogens with one attached hydrogen (secondary N) is 1. The third kappa shape index (κ3) is 2.95. The van der Waals surface area contributed by atoms with Gasteiger partial charge in [0.05, 0.1) is 17.0 Å². The van der Waals surface area contributed by atoms with E-state index in [1.165, 1.54) is 5.56 Å². The Labute approximate surface area is 154 Å². The molecular formula is C22H24N2O2. The molecule has 2 aromatic carbocycles. The van der Waals surface area contributed by atoms with Gasteiger partial charge in [0, 0.05) is 18.7 Å². The molecule has 0 aliphatic carbocycles. The van der Waals surface area contributed by atoms with Crippen molar-refractivity contribution < 1.29 is 9.59 Å². The highest BCUT2D eigenvalue weighted by molar-refractivity contribution is 6.12. The lowest BCUT2D eigenvalue weighted by molar-refractivity contribution is 0.0790. The second kappa shape index (κ2) is 6.69. The lowest BCUT2D eigenvalue weighted by Gasteiger charge is -2.27. The number of carbonyl (C=O) groups is 2. The minimum atomic E-state index is -0.561. The van der Waals surface area contributed by atoms with Gasteiger partial charge in [-0.05, 0) is 37.9 Å². The average molecular weight is 348 g/mol. The van der Waals surface area contributed by atoms with E-state index in [0.29, 0.717) is 17.7 Å². The number of hydrogen-bond acceptors (Lipinski definition) is 3. The number of amides is 1. The first-order valence-corrected chi connectivity index (χ1v) is 9.29. The van der Waals surface area contributed by atoms with E-state index in [9.17, 15) is 9.59 Å². The number of fused-ring (bicyclic) bond motifs is 2. The number of benzene rings is 2. The molecule has 26 heavy (non-hydrogen) atoms. The highest BCUT2D eigenvalue weighted by Gasteiger charge is 2.51. The van der Waals surface area contributed by atoms with Crippen LogP contribution in [0.4, 0.5) is 0 Å². The Balaban J connectivity index is 1.47. The third-order valence-corrected chi connectivity index (χ3v) is 5.78. The van der Waals surface area contributed by atoms with Gasteiger partial charge in [-0.1, -0.05) is 48.5 Å². The van der Waals surface area contributed by atoms with E-state index < -0.39 is 5.41 Å². The summed E-state index contributed by atoms with van der Waals surface area (Å²) in [7, 11) is 0. The highest BCUT2D eigenvalue weighted by Crippen LogP contribution is 2.37. The largest absolute Gasteiger partial charge is 0.347 e. The molecule has 4 rings (SSSR count). The maximum absolute atomic E-state index is 13.2. The monoisotopic (exact) mass is 348 g/mol. The summed E-state index contributed by atoms with van der Waals surface area (Å²) in [5, 5.41) is 3.10. The van der Waals surface area contributed by atoms with Gasteiger partial charge in [-0.25, -0.2) is 0 Å². The van der Waals surface area contributed by atoms with Crippen LogP contribution in [-0.2, 0) is 6.42 Å². The zero-order valence-corrected chi connectivity index (χ0v) is 15.1. The quantitative estimate of drug-likeness (QED) is 0.924. The molecule has 2 aliphatic rings. The Morgan fingerprint density at radius 2 is 1.73 bits per heavy atom. The number of hydrogen-bond donors (Lipinski definition) is 1. The predicted molar refractivity (Wildman–Crippen MR) is 101 cm³/mol. The Hall–Kier alpha value is -2.46. The Kier molecular flexibility index (Phi) is 4.37. The number of aryl methyl sites for hydroxylation is 1. The van der Waals surface area contributed by atoms with Gasteiger partial charge in [0.2, 0.25) is 0 Å². The molecule has 0 unspecified atom stereocenters. The summed E-state index contributed by atoms with van der Waals surface area (Å²) < 4.78 is 0. The highest BCUT2D eigenvalue weighted by atomic mass is 16.2. The fourth-order valence-electron chi connectivity index (χ4n) is 4.28. The number of rotatable bonds is 4. The molecule has 1 fully saturated rings. The molecule has 2 aromatic rings. The first kappa shape index (κ1) is 17.0. The Morgan fingerprint density at radius 3 is 2.50 bits per heavy atom. The van der Waals surface area contributed by atoms with Crippen LogP contribution in [0, 0.1) is 5.41 Å². The number of carbonyl (C=O) groups excluding carboxylic acids is 2. The van der Waals surface area contributed by atoms with Crippen LogP contribution >= 0.6 is 0 Å². The number of nitrogens with zero attached hydrogens (tertiary/aromatic N) is 1. The van der Waals surface area contributed by atoms with Gasteiger partial charge in [-0.3, -0.25) is 9.59 Å². The zero-order valence-electron chi connectivity index (χ0n) is 15.1. The molecule has 1 saturated heterocycles. The molecule has 134 valence electrons. The average Bonchev–Trinajstić information content (AvgIpc) is 2.95. The van der Waals surface area contributed by atoms with Crippen molar-refractivity contribution in [3.63, 3.8) is 0 Å². The third-order valence-electron chi connectivity index (χ3n) is 5.78. The number of Topliss-reactive ketones (excluding diaryl/α,β-unsaturated/α-hetero) is 1. The fourth-order valence-corrected chi connectivity index (χ4v) is 4.28. The van der Waals surface area contributed by atoms with Gasteiger partial charge in [0.15, 0.2) is 5.78 Å². The van der Waals surface area contributed by atoms with Crippen LogP contribution in [0.15, 0.2) is 54.6 Å². The molecule has 0 spiro atoms. The topological polar surface area (TPSA) is 49.4 Å². The zero-order chi connectivity index (χ0) is 18.1. The van der Waals surface area contributed by atoms with Crippen LogP contribution in [-0.4, -0.2) is 42.3 Å². The van der Waals surface area contributed by atoms with Crippen molar-refractivity contribution in [1.82, 2.24) is 10.2 Å². The molecule has 2 aliphatic heterocycles. The van der Waals surface area contributed by atoms with Crippen LogP contribution in [0.25, 0.3) is 0 Å². The van der Waals surface area contributed by atoms with Crippen LogP contribution in [0.1, 0.15) is 39.6 Å². The standard InChI is InChI=1S/C22H24N2O2/c1-22-15-24(13-7-10-16-8-3-2-4-9-16)14-19(22)23-21(26)18-12-6-5-11-17(18)20(22)25/h2-6,8-9,11-12,19H,7,10,13-15H2,1H3,(H,23,26)/t19-,22+/m1/s1. The van der Waals surface area contributed by atoms with Crippen molar-refractivity contribution in [3.8, 4) is 0 Å². The molecule has 4 nitrogen and oxygen atoms in total. The summed E-state index contributed by atoms with van der Waals surface area (Å²) in [6.45, 7) is 4.36. The number of ketones is 1. The van der Waals surface area contributed by atoms with E-state index in [2.05, 4.69) is 34.5 Å². The van der Waals surface area contributed by atoms with Gasteiger partial charge < -0.3 is 10.2 Å². The first-order valence-electron chi connectivity index (χ1n) is 9.29. The summed E-state index contributed by atoms with van der Waals surface area (Å²) in [5.74, 6) is -0.0455. The second-order valence-corrected chi connectivity index (χ2v) is 7.64. The first-order chi connectivity index (χ1) is 12.6. The molecule has 1 amide bonds. The van der Waals surface area contributed by atoms with Crippen LogP contribution < -0.4 is 5.32 Å². The molecule has 4 heteroatoms. The van der Waals surface area contributed by atoms with Crippen molar-refractivity contribution in [1.29, 1.82) is 0 Å². The summed E-state index contributed by atoms with van der Waals surface area (Å²) >= 11 is 0. The molecule has 0 bridgehead atoms. The fraction of sp³-hybridized carbons (Fsp3) is 0.364. The van der Waals surface area contributed by atoms with Crippen LogP contribution in [0.3, 0.4) is 0 Å². The summed E-state index contributed by atoms with van der Waals surface area (Å²) in [6.07, 6.45) is 2.08. The van der Waals surface area contributed by atoms with E-state index in [0.717, 1.165) is 25.9 Å². The lowest BCUT2D eigenvalue weighted by Crippen LogP contribution is -2.47. The molecular weight excluding hydrogens is 324 g/mol. The van der Waals surface area contributed by atoms with Crippen LogP contribution in [0.2, 0.25) is 0 Å². The van der Waals surface area contributed by atoms with Gasteiger partial charge >= 0.3 is 0 Å². The molecule has 0 radical (unpaired) electrons. The minimum Gasteiger partial charge on any atom is -0.347 e. The smallest absolute Gasteiger partial charge is 0.252 e. The lowest BCUT2D eigenvalue weighted by atomic mass is 9.78. The molecule has 2 heterocycles. The van der Waals surface area contributed by atoms with E-state index in [-0.39, 0.29) is 17.7 Å². The van der Waals surface area contributed by atoms with Gasteiger partial charge in [-0.2, -0.15) is 0 Å². The van der Waals surface area contributed by atoms with E-state index in [4.69, 9.17) is 0 Å². The van der Waals surface area contributed by atoms with Crippen molar-refractivity contribution in [2.24, 2.45) is 5.41 Å². The van der Waals surface area contributed by atoms with Gasteiger partial charge in [-0.15, -0.1) is 0 Å². The molecule has 2 atom stereocenters. The molecule has 1 N–H and O–H groups in total. The van der Waals surface area contributed by atoms with E-state index >= 15 is 0 Å².